The van der Waals surface area contributed by atoms with Gasteiger partial charge in [-0.3, -0.25) is 0 Å². The summed E-state index contributed by atoms with van der Waals surface area (Å²) in [7, 11) is 1.79. The van der Waals surface area contributed by atoms with E-state index in [0.717, 1.165) is 19.7 Å². The molecule has 1 fully saturated rings. The maximum Gasteiger partial charge on any atom is 0.0507 e. The average Bonchev–Trinajstić information content (AvgIpc) is 2.39. The molecule has 3 heteroatoms. The van der Waals surface area contributed by atoms with Gasteiger partial charge in [0.05, 0.1) is 6.61 Å². The van der Waals surface area contributed by atoms with Gasteiger partial charge >= 0.3 is 0 Å². The zero-order valence-corrected chi connectivity index (χ0v) is 11.4. The van der Waals surface area contributed by atoms with Crippen molar-refractivity contribution < 1.29 is 4.74 Å². The molecule has 0 aromatic heterocycles. The van der Waals surface area contributed by atoms with Crippen LogP contribution in [-0.4, -0.2) is 26.8 Å². The molecule has 1 aromatic carbocycles. The first-order valence-electron chi connectivity index (χ1n) is 6.80. The van der Waals surface area contributed by atoms with Gasteiger partial charge in [-0.05, 0) is 43.4 Å². The Morgan fingerprint density at radius 1 is 1.39 bits per heavy atom. The van der Waals surface area contributed by atoms with Crippen molar-refractivity contribution in [2.45, 2.75) is 25.8 Å². The van der Waals surface area contributed by atoms with Crippen molar-refractivity contribution in [2.24, 2.45) is 11.7 Å². The normalized spacial score (nSPS) is 21.9. The van der Waals surface area contributed by atoms with E-state index in [4.69, 9.17) is 10.5 Å². The molecule has 0 bridgehead atoms. The second-order valence-electron chi connectivity index (χ2n) is 5.29. The second kappa shape index (κ2) is 6.21. The van der Waals surface area contributed by atoms with Gasteiger partial charge in [0, 0.05) is 31.9 Å². The molecular formula is C15H24N2O. The summed E-state index contributed by atoms with van der Waals surface area (Å²) in [6.07, 6.45) is 2.53. The molecule has 0 aliphatic carbocycles. The summed E-state index contributed by atoms with van der Waals surface area (Å²) in [4.78, 5) is 2.46. The Kier molecular flexibility index (Phi) is 4.61. The van der Waals surface area contributed by atoms with Crippen LogP contribution < -0.4 is 10.6 Å². The monoisotopic (exact) mass is 248 g/mol. The SMILES string of the molecule is COCC1CCCN(c2ccc(C(C)N)cc2)C1. The third-order valence-corrected chi connectivity index (χ3v) is 3.71. The van der Waals surface area contributed by atoms with Crippen molar-refractivity contribution in [2.75, 3.05) is 31.7 Å². The molecule has 2 N–H and O–H groups in total. The zero-order valence-electron chi connectivity index (χ0n) is 11.4. The highest BCUT2D eigenvalue weighted by molar-refractivity contribution is 5.48. The Bertz CT molecular complexity index is 359. The summed E-state index contributed by atoms with van der Waals surface area (Å²) < 4.78 is 5.27. The molecule has 0 spiro atoms. The number of nitrogens with two attached hydrogens (primary N) is 1. The summed E-state index contributed by atoms with van der Waals surface area (Å²) >= 11 is 0. The van der Waals surface area contributed by atoms with Crippen molar-refractivity contribution in [3.05, 3.63) is 29.8 Å². The third-order valence-electron chi connectivity index (χ3n) is 3.71. The van der Waals surface area contributed by atoms with Crippen LogP contribution in [0.25, 0.3) is 0 Å². The third kappa shape index (κ3) is 3.24. The van der Waals surface area contributed by atoms with Gasteiger partial charge in [0.15, 0.2) is 0 Å². The van der Waals surface area contributed by atoms with Crippen LogP contribution in [0.2, 0.25) is 0 Å². The minimum Gasteiger partial charge on any atom is -0.384 e. The van der Waals surface area contributed by atoms with Gasteiger partial charge in [0.25, 0.3) is 0 Å². The lowest BCUT2D eigenvalue weighted by atomic mass is 9.98. The number of hydrogen-bond donors (Lipinski definition) is 1. The Labute approximate surface area is 110 Å². The Hall–Kier alpha value is -1.06. The molecule has 18 heavy (non-hydrogen) atoms. The number of ether oxygens (including phenoxy) is 1. The van der Waals surface area contributed by atoms with Crippen LogP contribution in [-0.2, 0) is 4.74 Å². The van der Waals surface area contributed by atoms with Crippen LogP contribution in [0, 0.1) is 5.92 Å². The minimum atomic E-state index is 0.113. The highest BCUT2D eigenvalue weighted by atomic mass is 16.5. The predicted octanol–water partition coefficient (Wildman–Crippen LogP) is 2.57. The standard InChI is InChI=1S/C15H24N2O/c1-12(16)14-5-7-15(8-6-14)17-9-3-4-13(10-17)11-18-2/h5-8,12-13H,3-4,9-11,16H2,1-2H3. The first kappa shape index (κ1) is 13.4. The molecule has 1 aromatic rings. The van der Waals surface area contributed by atoms with Crippen molar-refractivity contribution in [1.29, 1.82) is 0 Å². The van der Waals surface area contributed by atoms with E-state index in [1.165, 1.54) is 24.1 Å². The van der Waals surface area contributed by atoms with E-state index in [9.17, 15) is 0 Å². The van der Waals surface area contributed by atoms with Crippen LogP contribution in [0.4, 0.5) is 5.69 Å². The summed E-state index contributed by atoms with van der Waals surface area (Å²) in [5, 5.41) is 0. The van der Waals surface area contributed by atoms with Gasteiger partial charge in [0.1, 0.15) is 0 Å². The molecule has 2 atom stereocenters. The number of benzene rings is 1. The van der Waals surface area contributed by atoms with E-state index in [2.05, 4.69) is 29.2 Å². The Morgan fingerprint density at radius 3 is 2.72 bits per heavy atom. The molecule has 0 saturated carbocycles. The molecule has 100 valence electrons. The molecule has 3 nitrogen and oxygen atoms in total. The van der Waals surface area contributed by atoms with Crippen LogP contribution in [0.15, 0.2) is 24.3 Å². The fourth-order valence-corrected chi connectivity index (χ4v) is 2.66. The lowest BCUT2D eigenvalue weighted by molar-refractivity contribution is 0.143. The lowest BCUT2D eigenvalue weighted by Crippen LogP contribution is -2.37. The van der Waals surface area contributed by atoms with Crippen molar-refractivity contribution >= 4 is 5.69 Å². The van der Waals surface area contributed by atoms with Gasteiger partial charge in [-0.15, -0.1) is 0 Å². The molecule has 2 unspecified atom stereocenters. The van der Waals surface area contributed by atoms with Gasteiger partial charge < -0.3 is 15.4 Å². The lowest BCUT2D eigenvalue weighted by Gasteiger charge is -2.34. The molecule has 1 aliphatic rings. The van der Waals surface area contributed by atoms with Crippen LogP contribution in [0.1, 0.15) is 31.4 Å². The van der Waals surface area contributed by atoms with E-state index in [-0.39, 0.29) is 6.04 Å². The van der Waals surface area contributed by atoms with Crippen molar-refractivity contribution in [3.8, 4) is 0 Å². The highest BCUT2D eigenvalue weighted by Gasteiger charge is 2.19. The molecule has 2 rings (SSSR count). The fourth-order valence-electron chi connectivity index (χ4n) is 2.66. The molecule has 0 radical (unpaired) electrons. The summed E-state index contributed by atoms with van der Waals surface area (Å²) in [5.41, 5.74) is 8.38. The topological polar surface area (TPSA) is 38.5 Å². The zero-order chi connectivity index (χ0) is 13.0. The fraction of sp³-hybridized carbons (Fsp3) is 0.600. The van der Waals surface area contributed by atoms with Gasteiger partial charge in [-0.25, -0.2) is 0 Å². The van der Waals surface area contributed by atoms with E-state index >= 15 is 0 Å². The van der Waals surface area contributed by atoms with E-state index in [1.807, 2.05) is 6.92 Å². The van der Waals surface area contributed by atoms with Crippen molar-refractivity contribution in [1.82, 2.24) is 0 Å². The molecule has 1 aliphatic heterocycles. The van der Waals surface area contributed by atoms with Gasteiger partial charge in [0.2, 0.25) is 0 Å². The highest BCUT2D eigenvalue weighted by Crippen LogP contribution is 2.24. The molecule has 0 amide bonds. The van der Waals surface area contributed by atoms with Crippen LogP contribution in [0.5, 0.6) is 0 Å². The number of anilines is 1. The quantitative estimate of drug-likeness (QED) is 0.890. The first-order chi connectivity index (χ1) is 8.70. The number of rotatable bonds is 4. The summed E-state index contributed by atoms with van der Waals surface area (Å²) in [6.45, 7) is 5.14. The largest absolute Gasteiger partial charge is 0.384 e. The van der Waals surface area contributed by atoms with Crippen LogP contribution in [0.3, 0.4) is 0 Å². The summed E-state index contributed by atoms with van der Waals surface area (Å²) in [6, 6.07) is 8.77. The molecule has 1 heterocycles. The number of piperidine rings is 1. The van der Waals surface area contributed by atoms with Gasteiger partial charge in [-0.1, -0.05) is 12.1 Å². The van der Waals surface area contributed by atoms with Crippen molar-refractivity contribution in [3.63, 3.8) is 0 Å². The number of hydrogen-bond acceptors (Lipinski definition) is 3. The van der Waals surface area contributed by atoms with E-state index in [0.29, 0.717) is 5.92 Å². The summed E-state index contributed by atoms with van der Waals surface area (Å²) in [5.74, 6) is 0.664. The average molecular weight is 248 g/mol. The first-order valence-corrected chi connectivity index (χ1v) is 6.80. The van der Waals surface area contributed by atoms with E-state index in [1.54, 1.807) is 7.11 Å². The second-order valence-corrected chi connectivity index (χ2v) is 5.29. The molecular weight excluding hydrogens is 224 g/mol. The number of methoxy groups -OCH3 is 1. The minimum absolute atomic E-state index is 0.113. The van der Waals surface area contributed by atoms with Crippen LogP contribution >= 0.6 is 0 Å². The smallest absolute Gasteiger partial charge is 0.0507 e. The maximum absolute atomic E-state index is 5.87. The Morgan fingerprint density at radius 2 is 2.11 bits per heavy atom. The molecule has 1 saturated heterocycles. The maximum atomic E-state index is 5.87. The van der Waals surface area contributed by atoms with E-state index < -0.39 is 0 Å². The Balaban J connectivity index is 2.02. The predicted molar refractivity (Wildman–Crippen MR) is 75.9 cm³/mol. The number of nitrogens with zero attached hydrogens (tertiary/aromatic N) is 1. The van der Waals surface area contributed by atoms with Gasteiger partial charge in [-0.2, -0.15) is 0 Å².